The smallest absolute Gasteiger partial charge is 0.303 e. The number of fused-ring (bicyclic) bond motifs is 1. The van der Waals surface area contributed by atoms with Crippen LogP contribution in [0.1, 0.15) is 35.7 Å². The highest BCUT2D eigenvalue weighted by molar-refractivity contribution is 7.16. The van der Waals surface area contributed by atoms with Crippen LogP contribution in [-0.2, 0) is 4.79 Å². The Morgan fingerprint density at radius 2 is 2.22 bits per heavy atom. The fourth-order valence-corrected chi connectivity index (χ4v) is 3.89. The Balaban J connectivity index is 2.05. The summed E-state index contributed by atoms with van der Waals surface area (Å²) in [5.41, 5.74) is 1.65. The van der Waals surface area contributed by atoms with E-state index in [4.69, 9.17) is 27.0 Å². The zero-order valence-electron chi connectivity index (χ0n) is 12.1. The lowest BCUT2D eigenvalue weighted by molar-refractivity contribution is -0.137. The summed E-state index contributed by atoms with van der Waals surface area (Å²) in [5, 5.41) is 19.8. The van der Waals surface area contributed by atoms with Crippen molar-refractivity contribution in [3.05, 3.63) is 55.7 Å². The third-order valence-corrected chi connectivity index (χ3v) is 5.05. The van der Waals surface area contributed by atoms with Crippen molar-refractivity contribution in [2.45, 2.75) is 25.3 Å². The van der Waals surface area contributed by atoms with Gasteiger partial charge in [-0.15, -0.1) is 11.3 Å². The van der Waals surface area contributed by atoms with Crippen LogP contribution < -0.4 is 10.6 Å². The second-order valence-corrected chi connectivity index (χ2v) is 7.04. The van der Waals surface area contributed by atoms with E-state index in [0.717, 1.165) is 21.0 Å². The van der Waals surface area contributed by atoms with Gasteiger partial charge in [0.2, 0.25) is 0 Å². The van der Waals surface area contributed by atoms with E-state index in [-0.39, 0.29) is 12.5 Å². The maximum absolute atomic E-state index is 10.8. The highest BCUT2D eigenvalue weighted by atomic mass is 35.5. The van der Waals surface area contributed by atoms with Gasteiger partial charge in [0.1, 0.15) is 6.04 Å². The van der Waals surface area contributed by atoms with Gasteiger partial charge in [-0.25, -0.2) is 0 Å². The van der Waals surface area contributed by atoms with Crippen LogP contribution in [0.25, 0.3) is 5.57 Å². The summed E-state index contributed by atoms with van der Waals surface area (Å²) in [6.07, 6.45) is 1.30. The van der Waals surface area contributed by atoms with Crippen LogP contribution in [0.5, 0.6) is 0 Å². The summed E-state index contributed by atoms with van der Waals surface area (Å²) >= 11 is 7.52. The van der Waals surface area contributed by atoms with Gasteiger partial charge in [-0.05, 0) is 48.7 Å². The van der Waals surface area contributed by atoms with Gasteiger partial charge < -0.3 is 5.11 Å². The van der Waals surface area contributed by atoms with Crippen molar-refractivity contribution in [2.24, 2.45) is 4.99 Å². The molecule has 3 rings (SSSR count). The first kappa shape index (κ1) is 15.7. The fraction of sp³-hybridized carbons (Fsp3) is 0.235. The van der Waals surface area contributed by atoms with E-state index in [0.29, 0.717) is 22.7 Å². The predicted octanol–water partition coefficient (Wildman–Crippen LogP) is 3.05. The van der Waals surface area contributed by atoms with Crippen molar-refractivity contribution >= 4 is 34.5 Å². The molecule has 0 spiro atoms. The van der Waals surface area contributed by atoms with Crippen LogP contribution in [0.15, 0.2) is 35.3 Å². The van der Waals surface area contributed by atoms with Crippen molar-refractivity contribution in [2.75, 3.05) is 0 Å². The van der Waals surface area contributed by atoms with Crippen LogP contribution in [0, 0.1) is 11.3 Å². The van der Waals surface area contributed by atoms with Crippen LogP contribution in [-0.4, -0.2) is 11.1 Å². The number of hydrogen-bond acceptors (Lipinski definition) is 4. The van der Waals surface area contributed by atoms with E-state index in [1.165, 1.54) is 11.3 Å². The fourth-order valence-electron chi connectivity index (χ4n) is 2.75. The normalized spacial score (nSPS) is 15.8. The SMILES string of the molecule is N#Cc1ccc2c(c1)=C(CCCC(=O)O)C(c1ccc(Cl)s1)N=2. The van der Waals surface area contributed by atoms with Crippen LogP contribution in [0.4, 0.5) is 0 Å². The first-order valence-corrected chi connectivity index (χ1v) is 8.36. The van der Waals surface area contributed by atoms with E-state index in [9.17, 15) is 4.79 Å². The lowest BCUT2D eigenvalue weighted by Gasteiger charge is -2.11. The number of rotatable bonds is 5. The maximum atomic E-state index is 10.8. The average Bonchev–Trinajstić information content (AvgIpc) is 3.10. The van der Waals surface area contributed by atoms with Gasteiger partial charge in [0.25, 0.3) is 0 Å². The van der Waals surface area contributed by atoms with Crippen molar-refractivity contribution < 1.29 is 9.90 Å². The summed E-state index contributed by atoms with van der Waals surface area (Å²) < 4.78 is 0.703. The van der Waals surface area contributed by atoms with E-state index < -0.39 is 5.97 Å². The first-order valence-electron chi connectivity index (χ1n) is 7.16. The van der Waals surface area contributed by atoms with E-state index in [1.807, 2.05) is 24.3 Å². The molecule has 0 fully saturated rings. The van der Waals surface area contributed by atoms with Crippen LogP contribution >= 0.6 is 22.9 Å². The lowest BCUT2D eigenvalue weighted by Crippen LogP contribution is -2.23. The average molecular weight is 345 g/mol. The number of halogens is 1. The van der Waals surface area contributed by atoms with Gasteiger partial charge in [0, 0.05) is 16.5 Å². The Kier molecular flexibility index (Phi) is 4.46. The molecule has 1 aromatic heterocycles. The molecule has 6 heteroatoms. The molecule has 1 atom stereocenters. The zero-order chi connectivity index (χ0) is 16.4. The second-order valence-electron chi connectivity index (χ2n) is 5.29. The van der Waals surface area contributed by atoms with Gasteiger partial charge >= 0.3 is 5.97 Å². The molecule has 0 radical (unpaired) electrons. The Bertz CT molecular complexity index is 927. The minimum absolute atomic E-state index is 0.120. The molecule has 2 aromatic rings. The van der Waals surface area contributed by atoms with Gasteiger partial charge in [-0.3, -0.25) is 9.79 Å². The standard InChI is InChI=1S/C17H13ClN2O2S/c18-15-7-6-14(23-15)17-11(2-1-3-16(21)22)12-8-10(9-19)4-5-13(12)20-17/h4-8,17H,1-3H2,(H,21,22). The molecule has 0 saturated heterocycles. The van der Waals surface area contributed by atoms with Gasteiger partial charge in [0.05, 0.1) is 21.3 Å². The molecule has 116 valence electrons. The largest absolute Gasteiger partial charge is 0.481 e. The molecule has 0 amide bonds. The van der Waals surface area contributed by atoms with Gasteiger partial charge in [0.15, 0.2) is 0 Å². The summed E-state index contributed by atoms with van der Waals surface area (Å²) in [6, 6.07) is 11.2. The number of benzene rings is 1. The summed E-state index contributed by atoms with van der Waals surface area (Å²) in [4.78, 5) is 16.6. The number of nitriles is 1. The molecule has 1 aromatic carbocycles. The molecule has 0 saturated carbocycles. The van der Waals surface area contributed by atoms with Gasteiger partial charge in [-0.2, -0.15) is 5.26 Å². The molecular formula is C17H13ClN2O2S. The first-order chi connectivity index (χ1) is 11.1. The van der Waals surface area contributed by atoms with Crippen LogP contribution in [0.3, 0.4) is 0 Å². The highest BCUT2D eigenvalue weighted by Gasteiger charge is 2.23. The summed E-state index contributed by atoms with van der Waals surface area (Å²) in [5.74, 6) is -0.803. The summed E-state index contributed by atoms with van der Waals surface area (Å²) in [6.45, 7) is 0. The molecule has 0 bridgehead atoms. The van der Waals surface area contributed by atoms with Crippen molar-refractivity contribution in [3.8, 4) is 6.07 Å². The van der Waals surface area contributed by atoms with Gasteiger partial charge in [-0.1, -0.05) is 11.6 Å². The second kappa shape index (κ2) is 6.53. The third-order valence-electron chi connectivity index (χ3n) is 3.77. The maximum Gasteiger partial charge on any atom is 0.303 e. The van der Waals surface area contributed by atoms with Crippen molar-refractivity contribution in [1.82, 2.24) is 0 Å². The van der Waals surface area contributed by atoms with Crippen LogP contribution in [0.2, 0.25) is 4.34 Å². The highest BCUT2D eigenvalue weighted by Crippen LogP contribution is 2.36. The molecule has 0 aliphatic carbocycles. The number of carbonyl (C=O) groups is 1. The van der Waals surface area contributed by atoms with Crippen molar-refractivity contribution in [1.29, 1.82) is 5.26 Å². The number of aliphatic carboxylic acids is 1. The minimum atomic E-state index is -0.803. The Morgan fingerprint density at radius 1 is 1.39 bits per heavy atom. The molecule has 4 nitrogen and oxygen atoms in total. The van der Waals surface area contributed by atoms with Crippen molar-refractivity contribution in [3.63, 3.8) is 0 Å². The minimum Gasteiger partial charge on any atom is -0.481 e. The molecule has 1 unspecified atom stereocenters. The quantitative estimate of drug-likeness (QED) is 0.905. The monoisotopic (exact) mass is 344 g/mol. The molecule has 1 aliphatic rings. The topological polar surface area (TPSA) is 73.5 Å². The third kappa shape index (κ3) is 3.29. The Hall–Kier alpha value is -2.16. The lowest BCUT2D eigenvalue weighted by atomic mass is 9.98. The summed E-state index contributed by atoms with van der Waals surface area (Å²) in [7, 11) is 0. The Morgan fingerprint density at radius 3 is 2.87 bits per heavy atom. The van der Waals surface area contributed by atoms with E-state index in [2.05, 4.69) is 6.07 Å². The Labute approximate surface area is 142 Å². The zero-order valence-corrected chi connectivity index (χ0v) is 13.7. The molecule has 23 heavy (non-hydrogen) atoms. The molecule has 2 heterocycles. The number of hydrogen-bond donors (Lipinski definition) is 1. The molecule has 1 aliphatic heterocycles. The molecule has 1 N–H and O–H groups in total. The predicted molar refractivity (Wildman–Crippen MR) is 88.9 cm³/mol. The number of thiophene rings is 1. The number of carboxylic acids is 1. The number of carboxylic acid groups (broad SMARTS) is 1. The van der Waals surface area contributed by atoms with E-state index in [1.54, 1.807) is 6.07 Å². The number of nitrogens with zero attached hydrogens (tertiary/aromatic N) is 2. The van der Waals surface area contributed by atoms with E-state index >= 15 is 0 Å². The molecular weight excluding hydrogens is 332 g/mol.